The number of halogens is 3. The van der Waals surface area contributed by atoms with E-state index in [1.54, 1.807) is 13.0 Å². The average Bonchev–Trinajstić information content (AvgIpc) is 2.37. The van der Waals surface area contributed by atoms with E-state index < -0.39 is 11.7 Å². The van der Waals surface area contributed by atoms with Gasteiger partial charge in [0.05, 0.1) is 17.9 Å². The summed E-state index contributed by atoms with van der Waals surface area (Å²) < 4.78 is 37.9. The summed E-state index contributed by atoms with van der Waals surface area (Å²) in [4.78, 5) is 8.10. The maximum Gasteiger partial charge on any atom is 0.416 e. The molecule has 0 saturated carbocycles. The lowest BCUT2D eigenvalue weighted by Gasteiger charge is -2.09. The van der Waals surface area contributed by atoms with Gasteiger partial charge in [0.25, 0.3) is 0 Å². The molecular weight excluding hydrogens is 257 g/mol. The summed E-state index contributed by atoms with van der Waals surface area (Å²) in [5, 5.41) is 9.05. The summed E-state index contributed by atoms with van der Waals surface area (Å²) in [5.41, 5.74) is 0.486. The van der Waals surface area contributed by atoms with Crippen LogP contribution in [0.15, 0.2) is 30.3 Å². The zero-order valence-electron chi connectivity index (χ0n) is 10.1. The van der Waals surface area contributed by atoms with Crippen LogP contribution in [0.3, 0.4) is 0 Å². The first-order valence-electron chi connectivity index (χ1n) is 5.53. The lowest BCUT2D eigenvalue weighted by Crippen LogP contribution is -2.05. The Morgan fingerprint density at radius 1 is 1.16 bits per heavy atom. The van der Waals surface area contributed by atoms with Crippen LogP contribution in [0.4, 0.5) is 13.2 Å². The van der Waals surface area contributed by atoms with Gasteiger partial charge in [-0.2, -0.15) is 13.2 Å². The fraction of sp³-hybridized carbons (Fsp3) is 0.231. The Kier molecular flexibility index (Phi) is 3.53. The van der Waals surface area contributed by atoms with Gasteiger partial charge in [0.2, 0.25) is 0 Å². The first-order chi connectivity index (χ1) is 8.90. The third-order valence-electron chi connectivity index (χ3n) is 2.52. The van der Waals surface area contributed by atoms with Crippen LogP contribution >= 0.6 is 0 Å². The monoisotopic (exact) mass is 268 g/mol. The van der Waals surface area contributed by atoms with Gasteiger partial charge in [-0.15, -0.1) is 0 Å². The van der Waals surface area contributed by atoms with E-state index in [2.05, 4.69) is 9.97 Å². The maximum absolute atomic E-state index is 12.6. The van der Waals surface area contributed by atoms with Crippen LogP contribution in [0.2, 0.25) is 0 Å². The predicted molar refractivity (Wildman–Crippen MR) is 63.1 cm³/mol. The Bertz CT molecular complexity index is 597. The fourth-order valence-electron chi connectivity index (χ4n) is 1.68. The highest BCUT2D eigenvalue weighted by atomic mass is 19.4. The Balaban J connectivity index is 2.50. The van der Waals surface area contributed by atoms with Crippen LogP contribution in [0.5, 0.6) is 0 Å². The van der Waals surface area contributed by atoms with Crippen molar-refractivity contribution in [3.05, 3.63) is 47.3 Å². The van der Waals surface area contributed by atoms with Crippen LogP contribution in [0.1, 0.15) is 17.0 Å². The molecule has 3 nitrogen and oxygen atoms in total. The van der Waals surface area contributed by atoms with Gasteiger partial charge in [-0.1, -0.05) is 12.1 Å². The van der Waals surface area contributed by atoms with Crippen LogP contribution in [-0.4, -0.2) is 15.1 Å². The summed E-state index contributed by atoms with van der Waals surface area (Å²) >= 11 is 0. The minimum absolute atomic E-state index is 0.176. The first kappa shape index (κ1) is 13.5. The molecule has 0 spiro atoms. The third kappa shape index (κ3) is 3.08. The molecule has 0 fully saturated rings. The summed E-state index contributed by atoms with van der Waals surface area (Å²) in [7, 11) is 0. The molecule has 2 aromatic rings. The number of aryl methyl sites for hydroxylation is 1. The van der Waals surface area contributed by atoms with E-state index in [-0.39, 0.29) is 18.0 Å². The SMILES string of the molecule is Cc1cc(CO)nc(-c2cccc(C(F)(F)F)c2)n1. The molecule has 0 bridgehead atoms. The topological polar surface area (TPSA) is 46.0 Å². The van der Waals surface area contributed by atoms with Crippen molar-refractivity contribution in [3.63, 3.8) is 0 Å². The molecule has 0 radical (unpaired) electrons. The molecule has 1 heterocycles. The van der Waals surface area contributed by atoms with Gasteiger partial charge in [-0.25, -0.2) is 9.97 Å². The Hall–Kier alpha value is -1.95. The van der Waals surface area contributed by atoms with Crippen molar-refractivity contribution in [1.82, 2.24) is 9.97 Å². The van der Waals surface area contributed by atoms with Gasteiger partial charge in [0, 0.05) is 11.3 Å². The second-order valence-electron chi connectivity index (χ2n) is 4.06. The van der Waals surface area contributed by atoms with Crippen molar-refractivity contribution in [2.45, 2.75) is 19.7 Å². The van der Waals surface area contributed by atoms with E-state index in [0.717, 1.165) is 12.1 Å². The highest BCUT2D eigenvalue weighted by Gasteiger charge is 2.30. The van der Waals surface area contributed by atoms with Crippen molar-refractivity contribution in [2.75, 3.05) is 0 Å². The molecule has 6 heteroatoms. The van der Waals surface area contributed by atoms with E-state index in [1.165, 1.54) is 12.1 Å². The van der Waals surface area contributed by atoms with Crippen LogP contribution in [-0.2, 0) is 12.8 Å². The molecule has 100 valence electrons. The zero-order chi connectivity index (χ0) is 14.0. The molecule has 0 aliphatic rings. The Morgan fingerprint density at radius 2 is 1.89 bits per heavy atom. The molecular formula is C13H11F3N2O. The summed E-state index contributed by atoms with van der Waals surface area (Å²) in [6, 6.07) is 6.38. The van der Waals surface area contributed by atoms with Crippen LogP contribution in [0, 0.1) is 6.92 Å². The number of aliphatic hydroxyl groups excluding tert-OH is 1. The predicted octanol–water partition coefficient (Wildman–Crippen LogP) is 2.96. The van der Waals surface area contributed by atoms with Crippen LogP contribution in [0.25, 0.3) is 11.4 Å². The van der Waals surface area contributed by atoms with E-state index >= 15 is 0 Å². The molecule has 0 aliphatic carbocycles. The van der Waals surface area contributed by atoms with Gasteiger partial charge < -0.3 is 5.11 Å². The molecule has 2 rings (SSSR count). The Labute approximate surface area is 107 Å². The van der Waals surface area contributed by atoms with Crippen molar-refractivity contribution < 1.29 is 18.3 Å². The summed E-state index contributed by atoms with van der Waals surface area (Å²) in [6.07, 6.45) is -4.40. The fourth-order valence-corrected chi connectivity index (χ4v) is 1.68. The lowest BCUT2D eigenvalue weighted by molar-refractivity contribution is -0.137. The minimum atomic E-state index is -4.40. The molecule has 0 amide bonds. The van der Waals surface area contributed by atoms with Gasteiger partial charge in [-0.05, 0) is 25.1 Å². The quantitative estimate of drug-likeness (QED) is 0.910. The molecule has 0 unspecified atom stereocenters. The number of benzene rings is 1. The first-order valence-corrected chi connectivity index (χ1v) is 5.53. The standard InChI is InChI=1S/C13H11F3N2O/c1-8-5-11(7-19)18-12(17-8)9-3-2-4-10(6-9)13(14,15)16/h2-6,19H,7H2,1H3. The molecule has 0 saturated heterocycles. The largest absolute Gasteiger partial charge is 0.416 e. The van der Waals surface area contributed by atoms with Gasteiger partial charge in [-0.3, -0.25) is 0 Å². The number of rotatable bonds is 2. The highest BCUT2D eigenvalue weighted by molar-refractivity contribution is 5.56. The molecule has 1 N–H and O–H groups in total. The number of aromatic nitrogens is 2. The Morgan fingerprint density at radius 3 is 2.53 bits per heavy atom. The number of alkyl halides is 3. The highest BCUT2D eigenvalue weighted by Crippen LogP contribution is 2.31. The summed E-state index contributed by atoms with van der Waals surface area (Å²) in [5.74, 6) is 0.176. The smallest absolute Gasteiger partial charge is 0.390 e. The van der Waals surface area contributed by atoms with Gasteiger partial charge in [0.1, 0.15) is 0 Å². The second kappa shape index (κ2) is 4.97. The third-order valence-corrected chi connectivity index (χ3v) is 2.52. The average molecular weight is 268 g/mol. The van der Waals surface area contributed by atoms with E-state index in [9.17, 15) is 13.2 Å². The minimum Gasteiger partial charge on any atom is -0.390 e. The van der Waals surface area contributed by atoms with Crippen LogP contribution < -0.4 is 0 Å². The molecule has 0 atom stereocenters. The van der Waals surface area contributed by atoms with Crippen molar-refractivity contribution in [2.24, 2.45) is 0 Å². The number of hydrogen-bond donors (Lipinski definition) is 1. The van der Waals surface area contributed by atoms with Gasteiger partial charge >= 0.3 is 6.18 Å². The van der Waals surface area contributed by atoms with Crippen molar-refractivity contribution in [1.29, 1.82) is 0 Å². The lowest BCUT2D eigenvalue weighted by atomic mass is 10.1. The van der Waals surface area contributed by atoms with E-state index in [4.69, 9.17) is 5.11 Å². The zero-order valence-corrected chi connectivity index (χ0v) is 10.1. The number of hydrogen-bond acceptors (Lipinski definition) is 3. The maximum atomic E-state index is 12.6. The normalized spacial score (nSPS) is 11.6. The van der Waals surface area contributed by atoms with Gasteiger partial charge in [0.15, 0.2) is 5.82 Å². The number of aliphatic hydroxyl groups is 1. The van der Waals surface area contributed by atoms with E-state index in [0.29, 0.717) is 11.4 Å². The second-order valence-corrected chi connectivity index (χ2v) is 4.06. The summed E-state index contributed by atoms with van der Waals surface area (Å²) in [6.45, 7) is 1.41. The van der Waals surface area contributed by atoms with E-state index in [1.807, 2.05) is 0 Å². The molecule has 19 heavy (non-hydrogen) atoms. The van der Waals surface area contributed by atoms with Crippen molar-refractivity contribution in [3.8, 4) is 11.4 Å². The number of nitrogens with zero attached hydrogens (tertiary/aromatic N) is 2. The molecule has 1 aromatic heterocycles. The molecule has 1 aromatic carbocycles. The van der Waals surface area contributed by atoms with Crippen molar-refractivity contribution >= 4 is 0 Å². The molecule has 0 aliphatic heterocycles.